The van der Waals surface area contributed by atoms with Gasteiger partial charge >= 0.3 is 0 Å². The number of amides is 1. The van der Waals surface area contributed by atoms with Crippen LogP contribution in [0.2, 0.25) is 0 Å². The number of nitrogens with two attached hydrogens (primary N) is 1. The Hall–Kier alpha value is -1.78. The second kappa shape index (κ2) is 6.73. The van der Waals surface area contributed by atoms with Gasteiger partial charge in [-0.05, 0) is 18.1 Å². The minimum Gasteiger partial charge on any atom is -0.384 e. The molecule has 1 heterocycles. The van der Waals surface area contributed by atoms with Gasteiger partial charge in [-0.25, -0.2) is 4.98 Å². The molecule has 0 aliphatic rings. The second-order valence-corrected chi connectivity index (χ2v) is 4.35. The van der Waals surface area contributed by atoms with E-state index in [1.165, 1.54) is 0 Å². The van der Waals surface area contributed by atoms with Crippen LogP contribution in [-0.2, 0) is 4.79 Å². The monoisotopic (exact) mass is 236 g/mol. The lowest BCUT2D eigenvalue weighted by Gasteiger charge is -2.08. The third-order valence-electron chi connectivity index (χ3n) is 2.16. The van der Waals surface area contributed by atoms with Crippen LogP contribution in [0.5, 0.6) is 0 Å². The van der Waals surface area contributed by atoms with Crippen LogP contribution in [-0.4, -0.2) is 24.0 Å². The number of aromatic nitrogens is 1. The Bertz CT molecular complexity index is 348. The summed E-state index contributed by atoms with van der Waals surface area (Å²) < 4.78 is 0. The molecular weight excluding hydrogens is 216 g/mol. The number of pyridine rings is 1. The van der Waals surface area contributed by atoms with Crippen LogP contribution in [0.25, 0.3) is 0 Å². The van der Waals surface area contributed by atoms with Crippen molar-refractivity contribution in [3.8, 4) is 0 Å². The summed E-state index contributed by atoms with van der Waals surface area (Å²) in [6.07, 6.45) is 2.24. The van der Waals surface area contributed by atoms with Crippen molar-refractivity contribution < 1.29 is 4.79 Å². The van der Waals surface area contributed by atoms with Crippen LogP contribution < -0.4 is 16.4 Å². The fourth-order valence-electron chi connectivity index (χ4n) is 1.36. The van der Waals surface area contributed by atoms with Crippen molar-refractivity contribution in [1.82, 2.24) is 10.3 Å². The number of nitrogen functional groups attached to an aromatic ring is 1. The zero-order valence-corrected chi connectivity index (χ0v) is 10.4. The number of nitrogens with one attached hydrogen (secondary N) is 2. The van der Waals surface area contributed by atoms with Crippen LogP contribution in [0.4, 0.5) is 11.5 Å². The summed E-state index contributed by atoms with van der Waals surface area (Å²) >= 11 is 0. The Morgan fingerprint density at radius 3 is 2.76 bits per heavy atom. The van der Waals surface area contributed by atoms with Gasteiger partial charge in [0.15, 0.2) is 0 Å². The van der Waals surface area contributed by atoms with E-state index in [2.05, 4.69) is 15.6 Å². The van der Waals surface area contributed by atoms with Gasteiger partial charge in [0.1, 0.15) is 5.82 Å². The average molecular weight is 236 g/mol. The quantitative estimate of drug-likeness (QED) is 0.649. The Morgan fingerprint density at radius 1 is 1.41 bits per heavy atom. The summed E-state index contributed by atoms with van der Waals surface area (Å²) in [6.45, 7) is 5.33. The SMILES string of the molecule is CC(C)CC(=O)NCCNc1ccc(N)nc1. The molecule has 94 valence electrons. The first-order valence-electron chi connectivity index (χ1n) is 5.80. The highest BCUT2D eigenvalue weighted by Gasteiger charge is 2.02. The predicted octanol–water partition coefficient (Wildman–Crippen LogP) is 1.24. The smallest absolute Gasteiger partial charge is 0.220 e. The van der Waals surface area contributed by atoms with Crippen molar-refractivity contribution in [2.45, 2.75) is 20.3 Å². The maximum Gasteiger partial charge on any atom is 0.220 e. The minimum absolute atomic E-state index is 0.0947. The summed E-state index contributed by atoms with van der Waals surface area (Å²) in [7, 11) is 0. The largest absolute Gasteiger partial charge is 0.384 e. The van der Waals surface area contributed by atoms with Crippen LogP contribution in [0.1, 0.15) is 20.3 Å². The summed E-state index contributed by atoms with van der Waals surface area (Å²) in [5.41, 5.74) is 6.37. The maximum atomic E-state index is 11.3. The summed E-state index contributed by atoms with van der Waals surface area (Å²) in [5, 5.41) is 6.00. The van der Waals surface area contributed by atoms with Gasteiger partial charge in [-0.2, -0.15) is 0 Å². The zero-order chi connectivity index (χ0) is 12.7. The molecule has 0 saturated heterocycles. The van der Waals surface area contributed by atoms with E-state index >= 15 is 0 Å². The number of rotatable bonds is 6. The second-order valence-electron chi connectivity index (χ2n) is 4.35. The average Bonchev–Trinajstić information content (AvgIpc) is 2.26. The predicted molar refractivity (Wildman–Crippen MR) is 69.6 cm³/mol. The zero-order valence-electron chi connectivity index (χ0n) is 10.4. The molecule has 0 radical (unpaired) electrons. The molecule has 5 nitrogen and oxygen atoms in total. The van der Waals surface area contributed by atoms with Crippen LogP contribution >= 0.6 is 0 Å². The van der Waals surface area contributed by atoms with Gasteiger partial charge in [0.2, 0.25) is 5.91 Å². The van der Waals surface area contributed by atoms with Crippen molar-refractivity contribution in [2.24, 2.45) is 5.92 Å². The van der Waals surface area contributed by atoms with E-state index in [1.54, 1.807) is 12.3 Å². The Labute approximate surface area is 102 Å². The number of carbonyl (C=O) groups is 1. The molecule has 0 saturated carbocycles. The topological polar surface area (TPSA) is 80.0 Å². The van der Waals surface area contributed by atoms with Crippen LogP contribution in [0, 0.1) is 5.92 Å². The van der Waals surface area contributed by atoms with Gasteiger partial charge in [-0.1, -0.05) is 13.8 Å². The van der Waals surface area contributed by atoms with E-state index in [4.69, 9.17) is 5.73 Å². The van der Waals surface area contributed by atoms with E-state index in [9.17, 15) is 4.79 Å². The minimum atomic E-state index is 0.0947. The summed E-state index contributed by atoms with van der Waals surface area (Å²) in [6, 6.07) is 3.60. The number of nitrogens with zero attached hydrogens (tertiary/aromatic N) is 1. The van der Waals surface area contributed by atoms with Gasteiger partial charge in [0.05, 0.1) is 11.9 Å². The van der Waals surface area contributed by atoms with Crippen molar-refractivity contribution in [3.05, 3.63) is 18.3 Å². The van der Waals surface area contributed by atoms with Gasteiger partial charge in [-0.3, -0.25) is 4.79 Å². The lowest BCUT2D eigenvalue weighted by molar-refractivity contribution is -0.121. The molecule has 0 aliphatic carbocycles. The lowest BCUT2D eigenvalue weighted by Crippen LogP contribution is -2.29. The van der Waals surface area contributed by atoms with E-state index in [1.807, 2.05) is 19.9 Å². The molecule has 0 atom stereocenters. The molecule has 1 rings (SSSR count). The van der Waals surface area contributed by atoms with Crippen LogP contribution in [0.3, 0.4) is 0 Å². The van der Waals surface area contributed by atoms with E-state index in [0.717, 1.165) is 5.69 Å². The molecule has 1 aromatic heterocycles. The number of hydrogen-bond acceptors (Lipinski definition) is 4. The standard InChI is InChI=1S/C12H20N4O/c1-9(2)7-12(17)15-6-5-14-10-3-4-11(13)16-8-10/h3-4,8-9,14H,5-7H2,1-2H3,(H2,13,16)(H,15,17). The van der Waals surface area contributed by atoms with Crippen molar-refractivity contribution in [3.63, 3.8) is 0 Å². The highest BCUT2D eigenvalue weighted by Crippen LogP contribution is 2.05. The van der Waals surface area contributed by atoms with E-state index in [0.29, 0.717) is 31.2 Å². The van der Waals surface area contributed by atoms with E-state index < -0.39 is 0 Å². The van der Waals surface area contributed by atoms with E-state index in [-0.39, 0.29) is 5.91 Å². The summed E-state index contributed by atoms with van der Waals surface area (Å²) in [5.74, 6) is 0.988. The molecule has 17 heavy (non-hydrogen) atoms. The Balaban J connectivity index is 2.16. The maximum absolute atomic E-state index is 11.3. The van der Waals surface area contributed by atoms with Gasteiger partial charge in [-0.15, -0.1) is 0 Å². The van der Waals surface area contributed by atoms with Crippen LogP contribution in [0.15, 0.2) is 18.3 Å². The first-order valence-corrected chi connectivity index (χ1v) is 5.80. The van der Waals surface area contributed by atoms with Crippen molar-refractivity contribution in [1.29, 1.82) is 0 Å². The molecule has 0 unspecified atom stereocenters. The molecule has 1 amide bonds. The summed E-state index contributed by atoms with van der Waals surface area (Å²) in [4.78, 5) is 15.3. The highest BCUT2D eigenvalue weighted by atomic mass is 16.1. The number of anilines is 2. The van der Waals surface area contributed by atoms with Gasteiger partial charge in [0, 0.05) is 19.5 Å². The molecule has 4 N–H and O–H groups in total. The number of carbonyl (C=O) groups excluding carboxylic acids is 1. The Morgan fingerprint density at radius 2 is 2.18 bits per heavy atom. The fraction of sp³-hybridized carbons (Fsp3) is 0.500. The first-order chi connectivity index (χ1) is 8.08. The molecule has 0 fully saturated rings. The van der Waals surface area contributed by atoms with Gasteiger partial charge < -0.3 is 16.4 Å². The molecule has 0 bridgehead atoms. The first kappa shape index (κ1) is 13.3. The Kier molecular flexibility index (Phi) is 5.26. The molecule has 0 aromatic carbocycles. The fourth-order valence-corrected chi connectivity index (χ4v) is 1.36. The lowest BCUT2D eigenvalue weighted by atomic mass is 10.1. The van der Waals surface area contributed by atoms with Gasteiger partial charge in [0.25, 0.3) is 0 Å². The molecule has 5 heteroatoms. The normalized spacial score (nSPS) is 10.3. The third kappa shape index (κ3) is 5.75. The van der Waals surface area contributed by atoms with Crippen molar-refractivity contribution >= 4 is 17.4 Å². The molecule has 0 spiro atoms. The molecule has 0 aliphatic heterocycles. The molecule has 1 aromatic rings. The molecular formula is C12H20N4O. The highest BCUT2D eigenvalue weighted by molar-refractivity contribution is 5.76. The number of hydrogen-bond donors (Lipinski definition) is 3. The van der Waals surface area contributed by atoms with Crippen molar-refractivity contribution in [2.75, 3.05) is 24.1 Å². The third-order valence-corrected chi connectivity index (χ3v) is 2.16.